The summed E-state index contributed by atoms with van der Waals surface area (Å²) in [6.45, 7) is 4.65. The van der Waals surface area contributed by atoms with Crippen molar-refractivity contribution in [2.45, 2.75) is 19.1 Å². The highest BCUT2D eigenvalue weighted by atomic mass is 19.1. The van der Waals surface area contributed by atoms with Crippen molar-refractivity contribution in [3.63, 3.8) is 0 Å². The van der Waals surface area contributed by atoms with Crippen LogP contribution in [0.4, 0.5) is 4.39 Å². The lowest BCUT2D eigenvalue weighted by Gasteiger charge is -2.32. The van der Waals surface area contributed by atoms with Gasteiger partial charge in [0.25, 0.3) is 0 Å². The van der Waals surface area contributed by atoms with E-state index in [9.17, 15) is 4.39 Å². The highest BCUT2D eigenvalue weighted by molar-refractivity contribution is 4.76. The Morgan fingerprint density at radius 3 is 3.08 bits per heavy atom. The summed E-state index contributed by atoms with van der Waals surface area (Å²) >= 11 is 0. The van der Waals surface area contributed by atoms with E-state index < -0.39 is 12.8 Å². The number of nitrogens with zero attached hydrogens (tertiary/aromatic N) is 1. The molecule has 1 saturated heterocycles. The first-order chi connectivity index (χ1) is 5.72. The number of halogens is 1. The van der Waals surface area contributed by atoms with Crippen molar-refractivity contribution in [2.24, 2.45) is 0 Å². The predicted octanol–water partition coefficient (Wildman–Crippen LogP) is -0.389. The van der Waals surface area contributed by atoms with Crippen molar-refractivity contribution >= 4 is 0 Å². The van der Waals surface area contributed by atoms with E-state index in [1.807, 2.05) is 0 Å². The molecule has 1 fully saturated rings. The van der Waals surface area contributed by atoms with Gasteiger partial charge in [-0.25, -0.2) is 4.39 Å². The second-order valence-corrected chi connectivity index (χ2v) is 3.42. The van der Waals surface area contributed by atoms with E-state index in [4.69, 9.17) is 5.11 Å². The van der Waals surface area contributed by atoms with Crippen molar-refractivity contribution in [3.8, 4) is 0 Å². The number of aliphatic hydroxyl groups is 1. The summed E-state index contributed by atoms with van der Waals surface area (Å²) in [6, 6.07) is 0.450. The van der Waals surface area contributed by atoms with E-state index in [0.717, 1.165) is 19.6 Å². The Hall–Kier alpha value is -0.190. The molecule has 2 N–H and O–H groups in total. The Kier molecular flexibility index (Phi) is 3.91. The second-order valence-electron chi connectivity index (χ2n) is 3.42. The van der Waals surface area contributed by atoms with Crippen LogP contribution in [0.5, 0.6) is 0 Å². The average Bonchev–Trinajstić information content (AvgIpc) is 2.04. The second kappa shape index (κ2) is 4.74. The molecule has 1 rings (SSSR count). The lowest BCUT2D eigenvalue weighted by Crippen LogP contribution is -2.51. The molecule has 4 heteroatoms. The molecular weight excluding hydrogens is 159 g/mol. The zero-order chi connectivity index (χ0) is 8.97. The molecule has 0 aromatic carbocycles. The third kappa shape index (κ3) is 3.05. The minimum absolute atomic E-state index is 0.450. The van der Waals surface area contributed by atoms with Crippen molar-refractivity contribution in [2.75, 3.05) is 32.9 Å². The first-order valence-corrected chi connectivity index (χ1v) is 4.42. The molecule has 0 aliphatic carbocycles. The highest BCUT2D eigenvalue weighted by Gasteiger charge is 2.17. The van der Waals surface area contributed by atoms with Crippen LogP contribution in [0.1, 0.15) is 6.92 Å². The standard InChI is InChI=1S/C8H17FN2O/c1-7-5-11(3-2-10-7)6-8(12)4-9/h7-8,10,12H,2-6H2,1H3/t7-,8?/m0/s1. The molecule has 0 spiro atoms. The fourth-order valence-corrected chi connectivity index (χ4v) is 1.52. The molecule has 0 aromatic rings. The molecule has 1 aliphatic heterocycles. The fourth-order valence-electron chi connectivity index (χ4n) is 1.52. The lowest BCUT2D eigenvalue weighted by atomic mass is 10.2. The van der Waals surface area contributed by atoms with E-state index in [1.165, 1.54) is 0 Å². The van der Waals surface area contributed by atoms with Crippen LogP contribution in [0, 0.1) is 0 Å². The van der Waals surface area contributed by atoms with Crippen molar-refractivity contribution in [1.82, 2.24) is 10.2 Å². The van der Waals surface area contributed by atoms with E-state index in [0.29, 0.717) is 12.6 Å². The van der Waals surface area contributed by atoms with Crippen LogP contribution in [0.2, 0.25) is 0 Å². The Balaban J connectivity index is 2.22. The van der Waals surface area contributed by atoms with Gasteiger partial charge in [-0.3, -0.25) is 4.90 Å². The van der Waals surface area contributed by atoms with Gasteiger partial charge in [0, 0.05) is 32.2 Å². The van der Waals surface area contributed by atoms with Crippen LogP contribution in [0.3, 0.4) is 0 Å². The van der Waals surface area contributed by atoms with E-state index >= 15 is 0 Å². The van der Waals surface area contributed by atoms with Crippen LogP contribution >= 0.6 is 0 Å². The number of β-amino-alcohol motifs (C(OH)–C–C–N with tert-alkyl or cyclic N) is 1. The van der Waals surface area contributed by atoms with Crippen LogP contribution in [-0.4, -0.2) is 55.0 Å². The Morgan fingerprint density at radius 2 is 2.50 bits per heavy atom. The molecule has 3 nitrogen and oxygen atoms in total. The molecule has 2 atom stereocenters. The monoisotopic (exact) mass is 176 g/mol. The molecular formula is C8H17FN2O. The summed E-state index contributed by atoms with van der Waals surface area (Å²) in [6.07, 6.45) is -0.810. The third-order valence-corrected chi connectivity index (χ3v) is 2.10. The first-order valence-electron chi connectivity index (χ1n) is 4.42. The van der Waals surface area contributed by atoms with Crippen LogP contribution < -0.4 is 5.32 Å². The SMILES string of the molecule is C[C@H]1CN(CC(O)CF)CCN1. The van der Waals surface area contributed by atoms with Gasteiger partial charge in [-0.05, 0) is 6.92 Å². The largest absolute Gasteiger partial charge is 0.389 e. The molecule has 0 radical (unpaired) electrons. The van der Waals surface area contributed by atoms with Crippen LogP contribution in [-0.2, 0) is 0 Å². The Bertz CT molecular complexity index is 134. The lowest BCUT2D eigenvalue weighted by molar-refractivity contribution is 0.0773. The number of hydrogen-bond donors (Lipinski definition) is 2. The van der Waals surface area contributed by atoms with Gasteiger partial charge in [0.2, 0.25) is 0 Å². The smallest absolute Gasteiger partial charge is 0.117 e. The summed E-state index contributed by atoms with van der Waals surface area (Å²) < 4.78 is 11.9. The molecule has 1 heterocycles. The maximum Gasteiger partial charge on any atom is 0.117 e. The van der Waals surface area contributed by atoms with E-state index in [2.05, 4.69) is 17.1 Å². The van der Waals surface area contributed by atoms with Gasteiger partial charge in [-0.15, -0.1) is 0 Å². The number of alkyl halides is 1. The molecule has 72 valence electrons. The molecule has 12 heavy (non-hydrogen) atoms. The van der Waals surface area contributed by atoms with Crippen LogP contribution in [0.15, 0.2) is 0 Å². The Morgan fingerprint density at radius 1 is 1.75 bits per heavy atom. The summed E-state index contributed by atoms with van der Waals surface area (Å²) in [5.41, 5.74) is 0. The molecule has 0 saturated carbocycles. The number of aliphatic hydroxyl groups excluding tert-OH is 1. The molecule has 0 amide bonds. The quantitative estimate of drug-likeness (QED) is 0.615. The zero-order valence-corrected chi connectivity index (χ0v) is 7.46. The van der Waals surface area contributed by atoms with Gasteiger partial charge in [0.05, 0.1) is 6.10 Å². The number of nitrogens with one attached hydrogen (secondary N) is 1. The summed E-state index contributed by atoms with van der Waals surface area (Å²) in [5, 5.41) is 12.3. The van der Waals surface area contributed by atoms with E-state index in [1.54, 1.807) is 0 Å². The topological polar surface area (TPSA) is 35.5 Å². The predicted molar refractivity (Wildman–Crippen MR) is 45.9 cm³/mol. The number of rotatable bonds is 3. The zero-order valence-electron chi connectivity index (χ0n) is 7.46. The maximum absolute atomic E-state index is 11.9. The highest BCUT2D eigenvalue weighted by Crippen LogP contribution is 2.00. The summed E-state index contributed by atoms with van der Waals surface area (Å²) in [7, 11) is 0. The minimum atomic E-state index is -0.810. The molecule has 1 unspecified atom stereocenters. The van der Waals surface area contributed by atoms with Crippen molar-refractivity contribution in [3.05, 3.63) is 0 Å². The maximum atomic E-state index is 11.9. The average molecular weight is 176 g/mol. The van der Waals surface area contributed by atoms with E-state index in [-0.39, 0.29) is 0 Å². The molecule has 1 aliphatic rings. The normalized spacial score (nSPS) is 28.8. The van der Waals surface area contributed by atoms with Gasteiger partial charge in [-0.1, -0.05) is 0 Å². The minimum Gasteiger partial charge on any atom is -0.389 e. The third-order valence-electron chi connectivity index (χ3n) is 2.10. The van der Waals surface area contributed by atoms with Gasteiger partial charge < -0.3 is 10.4 Å². The van der Waals surface area contributed by atoms with Crippen molar-refractivity contribution < 1.29 is 9.50 Å². The number of piperazine rings is 1. The van der Waals surface area contributed by atoms with Gasteiger partial charge in [0.1, 0.15) is 6.67 Å². The van der Waals surface area contributed by atoms with Gasteiger partial charge >= 0.3 is 0 Å². The fraction of sp³-hybridized carbons (Fsp3) is 1.00. The van der Waals surface area contributed by atoms with Crippen molar-refractivity contribution in [1.29, 1.82) is 0 Å². The van der Waals surface area contributed by atoms with Gasteiger partial charge in [-0.2, -0.15) is 0 Å². The van der Waals surface area contributed by atoms with Crippen LogP contribution in [0.25, 0.3) is 0 Å². The molecule has 0 aromatic heterocycles. The number of hydrogen-bond acceptors (Lipinski definition) is 3. The molecule has 0 bridgehead atoms. The summed E-state index contributed by atoms with van der Waals surface area (Å²) in [5.74, 6) is 0. The van der Waals surface area contributed by atoms with Gasteiger partial charge in [0.15, 0.2) is 0 Å². The Labute approximate surface area is 72.6 Å². The summed E-state index contributed by atoms with van der Waals surface area (Å²) in [4.78, 5) is 2.09. The first kappa shape index (κ1) is 9.89.